The standard InChI is InChI=1S/C11H20N4O.HI/c1-4-5-6-13-11(12)14-7-10-15-8(2)9(3)16-10;/h4-7H2,1-3H3,(H3,12,13,14);1H. The Morgan fingerprint density at radius 1 is 1.47 bits per heavy atom. The summed E-state index contributed by atoms with van der Waals surface area (Å²) in [5.74, 6) is 1.89. The van der Waals surface area contributed by atoms with E-state index in [9.17, 15) is 0 Å². The van der Waals surface area contributed by atoms with Crippen LogP contribution in [0, 0.1) is 13.8 Å². The lowest BCUT2D eigenvalue weighted by Crippen LogP contribution is -2.32. The number of aliphatic imine (C=N–C) groups is 1. The number of hydrogen-bond acceptors (Lipinski definition) is 3. The van der Waals surface area contributed by atoms with Crippen molar-refractivity contribution >= 4 is 29.9 Å². The first-order valence-corrected chi connectivity index (χ1v) is 5.60. The van der Waals surface area contributed by atoms with Gasteiger partial charge in [0.05, 0.1) is 5.69 Å². The largest absolute Gasteiger partial charge is 0.444 e. The quantitative estimate of drug-likeness (QED) is 0.368. The number of nitrogens with one attached hydrogen (secondary N) is 1. The molecule has 0 radical (unpaired) electrons. The van der Waals surface area contributed by atoms with Crippen LogP contribution in [0.2, 0.25) is 0 Å². The molecule has 0 amide bonds. The average Bonchev–Trinajstić information content (AvgIpc) is 2.56. The van der Waals surface area contributed by atoms with Gasteiger partial charge in [0.15, 0.2) is 5.96 Å². The van der Waals surface area contributed by atoms with Crippen molar-refractivity contribution in [3.8, 4) is 0 Å². The Kier molecular flexibility index (Phi) is 7.94. The number of aromatic nitrogens is 1. The van der Waals surface area contributed by atoms with Crippen molar-refractivity contribution in [3.63, 3.8) is 0 Å². The van der Waals surface area contributed by atoms with Gasteiger partial charge in [-0.1, -0.05) is 13.3 Å². The fraction of sp³-hybridized carbons (Fsp3) is 0.636. The maximum Gasteiger partial charge on any atom is 0.216 e. The molecule has 0 aliphatic rings. The minimum absolute atomic E-state index is 0. The summed E-state index contributed by atoms with van der Waals surface area (Å²) < 4.78 is 5.39. The monoisotopic (exact) mass is 352 g/mol. The second-order valence-electron chi connectivity index (χ2n) is 3.73. The van der Waals surface area contributed by atoms with E-state index in [1.54, 1.807) is 0 Å². The number of nitrogens with zero attached hydrogens (tertiary/aromatic N) is 2. The van der Waals surface area contributed by atoms with Gasteiger partial charge < -0.3 is 15.5 Å². The van der Waals surface area contributed by atoms with Gasteiger partial charge in [0.2, 0.25) is 5.89 Å². The first-order chi connectivity index (χ1) is 7.63. The summed E-state index contributed by atoms with van der Waals surface area (Å²) >= 11 is 0. The van der Waals surface area contributed by atoms with Crippen LogP contribution in [0.4, 0.5) is 0 Å². The van der Waals surface area contributed by atoms with Crippen LogP contribution in [-0.4, -0.2) is 17.5 Å². The third-order valence-corrected chi connectivity index (χ3v) is 2.29. The normalized spacial score (nSPS) is 11.1. The molecule has 17 heavy (non-hydrogen) atoms. The fourth-order valence-electron chi connectivity index (χ4n) is 1.21. The highest BCUT2D eigenvalue weighted by molar-refractivity contribution is 14.0. The number of halogens is 1. The first kappa shape index (κ1) is 16.2. The van der Waals surface area contributed by atoms with E-state index in [2.05, 4.69) is 22.2 Å². The Bertz CT molecular complexity index is 343. The molecule has 0 spiro atoms. The van der Waals surface area contributed by atoms with Gasteiger partial charge in [-0.2, -0.15) is 0 Å². The molecule has 1 aromatic rings. The lowest BCUT2D eigenvalue weighted by Gasteiger charge is -2.02. The molecule has 6 heteroatoms. The van der Waals surface area contributed by atoms with E-state index < -0.39 is 0 Å². The molecule has 0 saturated heterocycles. The van der Waals surface area contributed by atoms with Crippen LogP contribution in [0.15, 0.2) is 9.41 Å². The van der Waals surface area contributed by atoms with E-state index in [1.807, 2.05) is 13.8 Å². The molecule has 0 atom stereocenters. The summed E-state index contributed by atoms with van der Waals surface area (Å²) in [5.41, 5.74) is 6.58. The van der Waals surface area contributed by atoms with Crippen molar-refractivity contribution in [1.29, 1.82) is 0 Å². The van der Waals surface area contributed by atoms with Gasteiger partial charge in [-0.05, 0) is 20.3 Å². The van der Waals surface area contributed by atoms with Crippen LogP contribution >= 0.6 is 24.0 Å². The van der Waals surface area contributed by atoms with Crippen molar-refractivity contribution < 1.29 is 4.42 Å². The predicted molar refractivity (Wildman–Crippen MR) is 79.6 cm³/mol. The number of unbranched alkanes of at least 4 members (excludes halogenated alkanes) is 1. The number of hydrogen-bond donors (Lipinski definition) is 2. The highest BCUT2D eigenvalue weighted by Gasteiger charge is 2.04. The minimum Gasteiger partial charge on any atom is -0.444 e. The van der Waals surface area contributed by atoms with Gasteiger partial charge in [0, 0.05) is 6.54 Å². The summed E-state index contributed by atoms with van der Waals surface area (Å²) in [6.07, 6.45) is 2.23. The molecule has 0 saturated carbocycles. The topological polar surface area (TPSA) is 76.4 Å². The van der Waals surface area contributed by atoms with E-state index in [0.29, 0.717) is 18.4 Å². The zero-order valence-electron chi connectivity index (χ0n) is 10.6. The summed E-state index contributed by atoms with van der Waals surface area (Å²) in [4.78, 5) is 8.37. The molecule has 0 bridgehead atoms. The van der Waals surface area contributed by atoms with Gasteiger partial charge in [0.25, 0.3) is 0 Å². The van der Waals surface area contributed by atoms with Crippen LogP contribution in [0.5, 0.6) is 0 Å². The van der Waals surface area contributed by atoms with Crippen LogP contribution < -0.4 is 11.1 Å². The Morgan fingerprint density at radius 2 is 2.18 bits per heavy atom. The molecule has 0 fully saturated rings. The van der Waals surface area contributed by atoms with Crippen molar-refractivity contribution in [2.75, 3.05) is 6.54 Å². The van der Waals surface area contributed by atoms with Crippen molar-refractivity contribution in [2.45, 2.75) is 40.2 Å². The third kappa shape index (κ3) is 5.90. The lowest BCUT2D eigenvalue weighted by molar-refractivity contribution is 0.473. The van der Waals surface area contributed by atoms with Gasteiger partial charge >= 0.3 is 0 Å². The molecule has 0 aromatic carbocycles. The molecule has 3 N–H and O–H groups in total. The minimum atomic E-state index is 0. The number of nitrogens with two attached hydrogens (primary N) is 1. The number of aryl methyl sites for hydroxylation is 2. The van der Waals surface area contributed by atoms with E-state index in [-0.39, 0.29) is 24.0 Å². The van der Waals surface area contributed by atoms with Gasteiger partial charge in [-0.25, -0.2) is 9.98 Å². The fourth-order valence-corrected chi connectivity index (χ4v) is 1.21. The molecule has 0 aliphatic carbocycles. The molecule has 1 aromatic heterocycles. The molecular weight excluding hydrogens is 331 g/mol. The number of oxazole rings is 1. The maximum absolute atomic E-state index is 5.68. The summed E-state index contributed by atoms with van der Waals surface area (Å²) in [6, 6.07) is 0. The van der Waals surface area contributed by atoms with Crippen LogP contribution in [-0.2, 0) is 6.54 Å². The van der Waals surface area contributed by atoms with Crippen molar-refractivity contribution in [1.82, 2.24) is 10.3 Å². The van der Waals surface area contributed by atoms with Crippen molar-refractivity contribution in [3.05, 3.63) is 17.3 Å². The van der Waals surface area contributed by atoms with E-state index in [1.165, 1.54) is 0 Å². The molecular formula is C11H21IN4O. The van der Waals surface area contributed by atoms with E-state index >= 15 is 0 Å². The molecule has 1 heterocycles. The Hall–Kier alpha value is -0.790. The zero-order valence-corrected chi connectivity index (χ0v) is 12.9. The Labute approximate surface area is 119 Å². The van der Waals surface area contributed by atoms with E-state index in [0.717, 1.165) is 30.8 Å². The lowest BCUT2D eigenvalue weighted by atomic mass is 10.3. The summed E-state index contributed by atoms with van der Waals surface area (Å²) in [7, 11) is 0. The van der Waals surface area contributed by atoms with Crippen LogP contribution in [0.1, 0.15) is 37.1 Å². The summed E-state index contributed by atoms with van der Waals surface area (Å²) in [6.45, 7) is 7.18. The van der Waals surface area contributed by atoms with Gasteiger partial charge in [-0.15, -0.1) is 24.0 Å². The average molecular weight is 352 g/mol. The number of rotatable bonds is 5. The summed E-state index contributed by atoms with van der Waals surface area (Å²) in [5, 5.41) is 3.03. The highest BCUT2D eigenvalue weighted by Crippen LogP contribution is 2.08. The van der Waals surface area contributed by atoms with E-state index in [4.69, 9.17) is 10.2 Å². The molecule has 5 nitrogen and oxygen atoms in total. The van der Waals surface area contributed by atoms with Gasteiger partial charge in [0.1, 0.15) is 12.3 Å². The predicted octanol–water partition coefficient (Wildman–Crippen LogP) is 2.11. The van der Waals surface area contributed by atoms with Crippen LogP contribution in [0.3, 0.4) is 0 Å². The highest BCUT2D eigenvalue weighted by atomic mass is 127. The third-order valence-electron chi connectivity index (χ3n) is 2.29. The molecule has 98 valence electrons. The molecule has 1 rings (SSSR count). The molecule has 0 unspecified atom stereocenters. The number of guanidine groups is 1. The Morgan fingerprint density at radius 3 is 2.71 bits per heavy atom. The van der Waals surface area contributed by atoms with Gasteiger partial charge in [-0.3, -0.25) is 0 Å². The van der Waals surface area contributed by atoms with Crippen molar-refractivity contribution in [2.24, 2.45) is 10.7 Å². The Balaban J connectivity index is 0.00000256. The molecule has 0 aliphatic heterocycles. The smallest absolute Gasteiger partial charge is 0.216 e. The maximum atomic E-state index is 5.68. The second kappa shape index (κ2) is 8.32. The van der Waals surface area contributed by atoms with Crippen LogP contribution in [0.25, 0.3) is 0 Å². The first-order valence-electron chi connectivity index (χ1n) is 5.60. The SMILES string of the molecule is CCCCNC(N)=NCc1nc(C)c(C)o1.I. The zero-order chi connectivity index (χ0) is 12.0. The second-order valence-corrected chi connectivity index (χ2v) is 3.73.